The summed E-state index contributed by atoms with van der Waals surface area (Å²) in [4.78, 5) is 4.61. The summed E-state index contributed by atoms with van der Waals surface area (Å²) in [6.45, 7) is 0. The maximum absolute atomic E-state index is 14.4. The van der Waals surface area contributed by atoms with Gasteiger partial charge < -0.3 is 0 Å². The Morgan fingerprint density at radius 2 is 1.71 bits per heavy atom. The van der Waals surface area contributed by atoms with Crippen molar-refractivity contribution >= 4 is 44.8 Å². The summed E-state index contributed by atoms with van der Waals surface area (Å²) < 4.78 is 34.0. The monoisotopic (exact) mass is 489 g/mol. The molecular weight excluding hydrogens is 462 g/mol. The number of thiophene rings is 1. The molecule has 0 amide bonds. The Kier molecular flexibility index (Phi) is 4.61. The molecule has 0 saturated heterocycles. The molecule has 0 aliphatic rings. The van der Waals surface area contributed by atoms with Gasteiger partial charge in [0.05, 0.1) is 0 Å². The van der Waals surface area contributed by atoms with Crippen LogP contribution in [0.4, 0.5) is 4.39 Å². The van der Waals surface area contributed by atoms with E-state index >= 15 is 0 Å². The molecule has 0 fully saturated rings. The predicted octanol–water partition coefficient (Wildman–Crippen LogP) is 8.34. The predicted molar refractivity (Wildman–Crippen MR) is 135 cm³/mol. The Hall–Kier alpha value is -2.50. The molecule has 5 rings (SSSR count). The van der Waals surface area contributed by atoms with Crippen LogP contribution in [-0.4, -0.2) is 18.3 Å². The minimum absolute atomic E-state index is 0.224. The third-order valence-electron chi connectivity index (χ3n) is 5.24. The number of fused-ring (bicyclic) bond motifs is 3. The van der Waals surface area contributed by atoms with Crippen LogP contribution in [0.15, 0.2) is 79.0 Å². The zero-order valence-corrected chi connectivity index (χ0v) is 20.7. The number of halogens is 1. The van der Waals surface area contributed by atoms with Crippen molar-refractivity contribution in [2.45, 2.75) is 22.5 Å². The van der Waals surface area contributed by atoms with Crippen LogP contribution in [0.3, 0.4) is 0 Å². The number of pyridine rings is 1. The molecule has 3 aromatic carbocycles. The van der Waals surface area contributed by atoms with Crippen LogP contribution >= 0.6 is 11.3 Å². The van der Waals surface area contributed by atoms with Crippen LogP contribution < -0.4 is 0 Å². The van der Waals surface area contributed by atoms with E-state index in [0.29, 0.717) is 11.1 Å². The third-order valence-corrected chi connectivity index (χ3v) is 8.62. The first-order valence-electron chi connectivity index (χ1n) is 11.3. The summed E-state index contributed by atoms with van der Waals surface area (Å²) in [5.41, 5.74) is 3.95. The summed E-state index contributed by atoms with van der Waals surface area (Å²) in [6.07, 6.45) is 1.72. The van der Waals surface area contributed by atoms with E-state index in [0.717, 1.165) is 37.0 Å². The van der Waals surface area contributed by atoms with Gasteiger partial charge in [-0.2, -0.15) is 0 Å². The van der Waals surface area contributed by atoms with Crippen LogP contribution in [0.25, 0.3) is 42.6 Å². The van der Waals surface area contributed by atoms with Gasteiger partial charge in [0.15, 0.2) is 0 Å². The van der Waals surface area contributed by atoms with Crippen molar-refractivity contribution in [2.24, 2.45) is 0 Å². The molecule has 0 bridgehead atoms. The number of benzene rings is 3. The van der Waals surface area contributed by atoms with E-state index in [2.05, 4.69) is 46.5 Å². The number of hydrogen-bond donors (Lipinski definition) is 0. The summed E-state index contributed by atoms with van der Waals surface area (Å²) in [5.74, 6) is 6.07. The molecule has 0 aliphatic heterocycles. The standard InChI is InChI=1S/C27H24FGeNS/c1-29(2,3)17-18-13-14-30-25(15-18)23-9-6-8-22-21-12-11-19(16-26(21)31-27(22)23)20-7-4-5-10-24(20)28/h4-16H,17H2,1-3H3/i17D2. The van der Waals surface area contributed by atoms with Crippen molar-refractivity contribution < 1.29 is 7.13 Å². The molecular formula is C27H24FGeNS. The summed E-state index contributed by atoms with van der Waals surface area (Å²) in [7, 11) is 0. The van der Waals surface area contributed by atoms with Gasteiger partial charge in [-0.3, -0.25) is 0 Å². The number of nitrogens with zero attached hydrogens (tertiary/aromatic N) is 1. The molecule has 0 N–H and O–H groups in total. The van der Waals surface area contributed by atoms with E-state index in [-0.39, 0.29) is 5.82 Å². The van der Waals surface area contributed by atoms with Crippen LogP contribution in [0.1, 0.15) is 8.30 Å². The molecule has 0 unspecified atom stereocenters. The first kappa shape index (κ1) is 18.1. The van der Waals surface area contributed by atoms with E-state index < -0.39 is 18.5 Å². The van der Waals surface area contributed by atoms with E-state index in [9.17, 15) is 4.39 Å². The number of rotatable bonds is 4. The Labute approximate surface area is 191 Å². The molecule has 4 heteroatoms. The average molecular weight is 488 g/mol. The van der Waals surface area contributed by atoms with Gasteiger partial charge in [-0.05, 0) is 6.07 Å². The fourth-order valence-electron chi connectivity index (χ4n) is 3.95. The molecule has 2 aromatic heterocycles. The molecule has 2 heterocycles. The van der Waals surface area contributed by atoms with Crippen LogP contribution in [0, 0.1) is 5.82 Å². The molecule has 154 valence electrons. The van der Waals surface area contributed by atoms with Crippen LogP contribution in [0.2, 0.25) is 17.3 Å². The van der Waals surface area contributed by atoms with E-state index in [1.54, 1.807) is 29.7 Å². The molecule has 5 aromatic rings. The summed E-state index contributed by atoms with van der Waals surface area (Å²) >= 11 is -0.966. The van der Waals surface area contributed by atoms with Gasteiger partial charge in [-0.25, -0.2) is 4.39 Å². The fourth-order valence-corrected chi connectivity index (χ4v) is 7.36. The zero-order valence-electron chi connectivity index (χ0n) is 19.7. The van der Waals surface area contributed by atoms with Gasteiger partial charge >= 0.3 is 170 Å². The first-order chi connectivity index (χ1) is 15.7. The van der Waals surface area contributed by atoms with Crippen LogP contribution in [-0.2, 0) is 5.21 Å². The van der Waals surface area contributed by atoms with Crippen molar-refractivity contribution in [3.8, 4) is 22.4 Å². The molecule has 0 spiro atoms. The fraction of sp³-hybridized carbons (Fsp3) is 0.148. The topological polar surface area (TPSA) is 12.9 Å². The number of aromatic nitrogens is 1. The molecule has 0 saturated carbocycles. The van der Waals surface area contributed by atoms with E-state index in [4.69, 9.17) is 2.74 Å². The molecule has 31 heavy (non-hydrogen) atoms. The van der Waals surface area contributed by atoms with Gasteiger partial charge in [0.2, 0.25) is 0 Å². The first-order valence-corrected chi connectivity index (χ1v) is 18.5. The molecule has 1 nitrogen and oxygen atoms in total. The van der Waals surface area contributed by atoms with Crippen molar-refractivity contribution in [1.29, 1.82) is 0 Å². The summed E-state index contributed by atoms with van der Waals surface area (Å²) in [5, 5.41) is 0.963. The quantitative estimate of drug-likeness (QED) is 0.232. The van der Waals surface area contributed by atoms with Gasteiger partial charge in [-0.1, -0.05) is 12.1 Å². The van der Waals surface area contributed by atoms with Crippen molar-refractivity contribution in [3.05, 3.63) is 90.4 Å². The second-order valence-corrected chi connectivity index (χ2v) is 19.8. The van der Waals surface area contributed by atoms with Gasteiger partial charge in [0.25, 0.3) is 0 Å². The van der Waals surface area contributed by atoms with Gasteiger partial charge in [0.1, 0.15) is 0 Å². The van der Waals surface area contributed by atoms with Crippen molar-refractivity contribution in [2.75, 3.05) is 0 Å². The average Bonchev–Trinajstić information content (AvgIpc) is 3.16. The van der Waals surface area contributed by atoms with Crippen molar-refractivity contribution in [3.63, 3.8) is 0 Å². The van der Waals surface area contributed by atoms with Crippen molar-refractivity contribution in [1.82, 2.24) is 4.98 Å². The second kappa shape index (κ2) is 7.88. The molecule has 0 aliphatic carbocycles. The minimum atomic E-state index is -2.64. The van der Waals surface area contributed by atoms with Gasteiger partial charge in [-0.15, -0.1) is 0 Å². The van der Waals surface area contributed by atoms with E-state index in [1.165, 1.54) is 6.07 Å². The number of hydrogen-bond acceptors (Lipinski definition) is 2. The van der Waals surface area contributed by atoms with E-state index in [1.807, 2.05) is 30.3 Å². The summed E-state index contributed by atoms with van der Waals surface area (Å²) in [6, 6.07) is 22.9. The Morgan fingerprint density at radius 1 is 0.903 bits per heavy atom. The SMILES string of the molecule is [2H][C]([2H])(c1ccnc(-c2cccc3c2sc2cc(-c4ccccc4F)ccc23)c1)[Ge]([CH3])([CH3])[CH3]. The zero-order chi connectivity index (χ0) is 23.4. The van der Waals surface area contributed by atoms with Crippen LogP contribution in [0.5, 0.6) is 0 Å². The normalized spacial score (nSPS) is 13.4. The Balaban J connectivity index is 1.67. The Bertz CT molecular complexity index is 1500. The second-order valence-electron chi connectivity index (χ2n) is 8.78. The maximum atomic E-state index is 14.4. The molecule has 0 radical (unpaired) electrons. The third kappa shape index (κ3) is 4.04. The Morgan fingerprint density at radius 3 is 2.52 bits per heavy atom. The van der Waals surface area contributed by atoms with Gasteiger partial charge in [0, 0.05) is 0 Å². The molecule has 0 atom stereocenters.